The molecule has 1 saturated heterocycles. The molecule has 1 amide bonds. The highest BCUT2D eigenvalue weighted by molar-refractivity contribution is 5.70. The molecule has 3 aromatic rings. The Kier molecular flexibility index (Phi) is 6.62. The van der Waals surface area contributed by atoms with Crippen LogP contribution in [0.15, 0.2) is 67.1 Å². The van der Waals surface area contributed by atoms with Gasteiger partial charge in [-0.2, -0.15) is 13.2 Å². The second-order valence-electron chi connectivity index (χ2n) is 7.32. The van der Waals surface area contributed by atoms with Gasteiger partial charge in [0, 0.05) is 44.4 Å². The number of hydrogen-bond donors (Lipinski definition) is 0. The zero-order valence-corrected chi connectivity index (χ0v) is 17.4. The molecule has 1 aliphatic rings. The number of rotatable bonds is 5. The third-order valence-electron chi connectivity index (χ3n) is 4.95. The molecular weight excluding hydrogens is 439 g/mol. The van der Waals surface area contributed by atoms with Crippen molar-refractivity contribution in [2.24, 2.45) is 0 Å². The summed E-state index contributed by atoms with van der Waals surface area (Å²) in [5.41, 5.74) is -0.857. The predicted octanol–water partition coefficient (Wildman–Crippen LogP) is 5.33. The van der Waals surface area contributed by atoms with Gasteiger partial charge in [0.1, 0.15) is 23.4 Å². The predicted molar refractivity (Wildman–Crippen MR) is 111 cm³/mol. The zero-order valence-electron chi connectivity index (χ0n) is 17.4. The van der Waals surface area contributed by atoms with Gasteiger partial charge in [-0.05, 0) is 42.5 Å². The van der Waals surface area contributed by atoms with Crippen molar-refractivity contribution in [2.45, 2.75) is 25.1 Å². The number of nitrogens with zero attached hydrogens (tertiary/aromatic N) is 3. The maximum absolute atomic E-state index is 12.6. The van der Waals surface area contributed by atoms with E-state index in [0.717, 1.165) is 12.1 Å². The van der Waals surface area contributed by atoms with E-state index in [1.807, 2.05) is 6.07 Å². The van der Waals surface area contributed by atoms with Crippen LogP contribution in [0.4, 0.5) is 18.0 Å². The average molecular weight is 459 g/mol. The largest absolute Gasteiger partial charge is 0.489 e. The summed E-state index contributed by atoms with van der Waals surface area (Å²) >= 11 is 0. The molecule has 0 N–H and O–H groups in total. The highest BCUT2D eigenvalue weighted by Crippen LogP contribution is 2.30. The van der Waals surface area contributed by atoms with Gasteiger partial charge in [-0.1, -0.05) is 0 Å². The van der Waals surface area contributed by atoms with Gasteiger partial charge in [-0.3, -0.25) is 4.98 Å². The molecule has 172 valence electrons. The van der Waals surface area contributed by atoms with Crippen LogP contribution >= 0.6 is 0 Å². The van der Waals surface area contributed by atoms with Gasteiger partial charge in [0.25, 0.3) is 0 Å². The van der Waals surface area contributed by atoms with Crippen LogP contribution in [0.5, 0.6) is 23.1 Å². The van der Waals surface area contributed by atoms with E-state index < -0.39 is 17.8 Å². The van der Waals surface area contributed by atoms with Crippen LogP contribution in [0.1, 0.15) is 18.4 Å². The van der Waals surface area contributed by atoms with Crippen molar-refractivity contribution in [3.63, 3.8) is 0 Å². The number of carbonyl (C=O) groups is 1. The molecule has 10 heteroatoms. The lowest BCUT2D eigenvalue weighted by molar-refractivity contribution is -0.137. The first kappa shape index (κ1) is 22.4. The number of likely N-dealkylation sites (tertiary alicyclic amines) is 1. The summed E-state index contributed by atoms with van der Waals surface area (Å²) in [6, 6.07) is 11.8. The monoisotopic (exact) mass is 459 g/mol. The Labute approximate surface area is 187 Å². The third-order valence-corrected chi connectivity index (χ3v) is 4.95. The number of aromatic nitrogens is 2. The van der Waals surface area contributed by atoms with Gasteiger partial charge in [0.15, 0.2) is 0 Å². The standard InChI is InChI=1S/C23H20F3N3O4/c24-23(25,26)16-3-8-21(28-14-16)32-17-4-6-18(7-5-17)33-22(30)29-12-9-19(10-13-29)31-20-2-1-11-27-15-20/h1-8,11,14-15,19H,9-10,12-13H2. The summed E-state index contributed by atoms with van der Waals surface area (Å²) in [5, 5.41) is 0. The second-order valence-corrected chi connectivity index (χ2v) is 7.32. The van der Waals surface area contributed by atoms with Crippen LogP contribution in [-0.2, 0) is 6.18 Å². The average Bonchev–Trinajstić information content (AvgIpc) is 2.81. The summed E-state index contributed by atoms with van der Waals surface area (Å²) in [6.45, 7) is 1.01. The van der Waals surface area contributed by atoms with Crippen LogP contribution in [0, 0.1) is 0 Å². The van der Waals surface area contributed by atoms with E-state index in [-0.39, 0.29) is 12.0 Å². The minimum Gasteiger partial charge on any atom is -0.489 e. The van der Waals surface area contributed by atoms with Gasteiger partial charge >= 0.3 is 12.3 Å². The maximum atomic E-state index is 12.6. The van der Waals surface area contributed by atoms with Crippen LogP contribution in [0.25, 0.3) is 0 Å². The summed E-state index contributed by atoms with van der Waals surface area (Å²) in [7, 11) is 0. The number of benzene rings is 1. The Bertz CT molecular complexity index is 1050. The lowest BCUT2D eigenvalue weighted by atomic mass is 10.1. The number of carbonyl (C=O) groups excluding carboxylic acids is 1. The molecule has 4 rings (SSSR count). The van der Waals surface area contributed by atoms with E-state index in [4.69, 9.17) is 14.2 Å². The van der Waals surface area contributed by atoms with Crippen LogP contribution in [0.2, 0.25) is 0 Å². The molecule has 1 aromatic carbocycles. The molecule has 0 atom stereocenters. The van der Waals surface area contributed by atoms with Gasteiger partial charge in [-0.15, -0.1) is 0 Å². The molecule has 1 fully saturated rings. The van der Waals surface area contributed by atoms with Crippen molar-refractivity contribution in [1.82, 2.24) is 14.9 Å². The summed E-state index contributed by atoms with van der Waals surface area (Å²) in [6.07, 6.45) is 0.474. The smallest absolute Gasteiger partial charge is 0.417 e. The van der Waals surface area contributed by atoms with E-state index in [2.05, 4.69) is 9.97 Å². The van der Waals surface area contributed by atoms with Crippen LogP contribution < -0.4 is 14.2 Å². The molecule has 33 heavy (non-hydrogen) atoms. The molecule has 0 radical (unpaired) electrons. The lowest BCUT2D eigenvalue weighted by Crippen LogP contribution is -2.43. The SMILES string of the molecule is O=C(Oc1ccc(Oc2ccc(C(F)(F)F)cn2)cc1)N1CCC(Oc2cccnc2)CC1. The van der Waals surface area contributed by atoms with E-state index >= 15 is 0 Å². The first-order valence-electron chi connectivity index (χ1n) is 10.2. The number of piperidine rings is 1. The van der Waals surface area contributed by atoms with Crippen molar-refractivity contribution in [1.29, 1.82) is 0 Å². The molecule has 0 spiro atoms. The maximum Gasteiger partial charge on any atom is 0.417 e. The number of ether oxygens (including phenoxy) is 3. The van der Waals surface area contributed by atoms with Crippen LogP contribution in [0.3, 0.4) is 0 Å². The summed E-state index contributed by atoms with van der Waals surface area (Å²) in [4.78, 5) is 21.7. The first-order chi connectivity index (χ1) is 15.9. The number of pyridine rings is 2. The van der Waals surface area contributed by atoms with Gasteiger partial charge < -0.3 is 19.1 Å². The highest BCUT2D eigenvalue weighted by Gasteiger charge is 2.30. The molecule has 0 saturated carbocycles. The first-order valence-corrected chi connectivity index (χ1v) is 10.2. The second kappa shape index (κ2) is 9.76. The fraction of sp³-hybridized carbons (Fsp3) is 0.261. The van der Waals surface area contributed by atoms with E-state index in [1.165, 1.54) is 24.3 Å². The van der Waals surface area contributed by atoms with Crippen molar-refractivity contribution in [3.05, 3.63) is 72.7 Å². The Morgan fingerprint density at radius 3 is 2.27 bits per heavy atom. The highest BCUT2D eigenvalue weighted by atomic mass is 19.4. The molecule has 0 bridgehead atoms. The van der Waals surface area contributed by atoms with Crippen molar-refractivity contribution < 1.29 is 32.2 Å². The molecule has 0 aliphatic carbocycles. The topological polar surface area (TPSA) is 73.8 Å². The number of amides is 1. The Hall–Kier alpha value is -3.82. The van der Waals surface area contributed by atoms with Crippen molar-refractivity contribution in [2.75, 3.05) is 13.1 Å². The van der Waals surface area contributed by atoms with E-state index in [9.17, 15) is 18.0 Å². The van der Waals surface area contributed by atoms with Crippen molar-refractivity contribution >= 4 is 6.09 Å². The van der Waals surface area contributed by atoms with Gasteiger partial charge in [-0.25, -0.2) is 9.78 Å². The summed E-state index contributed by atoms with van der Waals surface area (Å²) < 4.78 is 54.5. The Morgan fingerprint density at radius 2 is 1.67 bits per heavy atom. The number of halogens is 3. The van der Waals surface area contributed by atoms with E-state index in [0.29, 0.717) is 49.4 Å². The van der Waals surface area contributed by atoms with Crippen molar-refractivity contribution in [3.8, 4) is 23.1 Å². The summed E-state index contributed by atoms with van der Waals surface area (Å²) in [5.74, 6) is 1.38. The Morgan fingerprint density at radius 1 is 0.939 bits per heavy atom. The molecular formula is C23H20F3N3O4. The molecule has 0 unspecified atom stereocenters. The normalized spacial score (nSPS) is 14.6. The third kappa shape index (κ3) is 6.12. The molecule has 7 nitrogen and oxygen atoms in total. The van der Waals surface area contributed by atoms with Gasteiger partial charge in [0.2, 0.25) is 5.88 Å². The fourth-order valence-corrected chi connectivity index (χ4v) is 3.24. The number of alkyl halides is 3. The quantitative estimate of drug-likeness (QED) is 0.514. The molecule has 1 aliphatic heterocycles. The van der Waals surface area contributed by atoms with Gasteiger partial charge in [0.05, 0.1) is 11.8 Å². The minimum absolute atomic E-state index is 0.00786. The fourth-order valence-electron chi connectivity index (χ4n) is 3.24. The zero-order chi connectivity index (χ0) is 23.3. The van der Waals surface area contributed by atoms with E-state index in [1.54, 1.807) is 23.4 Å². The molecule has 3 heterocycles. The molecule has 2 aromatic heterocycles. The Balaban J connectivity index is 1.25. The minimum atomic E-state index is -4.46. The number of hydrogen-bond acceptors (Lipinski definition) is 6. The van der Waals surface area contributed by atoms with Crippen LogP contribution in [-0.4, -0.2) is 40.2 Å². The lowest BCUT2D eigenvalue weighted by Gasteiger charge is -2.31.